The largest absolute Gasteiger partial charge is 0.329 e. The molecule has 0 aromatic carbocycles. The van der Waals surface area contributed by atoms with Gasteiger partial charge in [-0.25, -0.2) is 0 Å². The molecule has 1 aromatic rings. The van der Waals surface area contributed by atoms with Crippen molar-refractivity contribution in [2.75, 3.05) is 26.2 Å². The van der Waals surface area contributed by atoms with Crippen molar-refractivity contribution in [2.24, 2.45) is 5.92 Å². The predicted octanol–water partition coefficient (Wildman–Crippen LogP) is 1.15. The summed E-state index contributed by atoms with van der Waals surface area (Å²) in [5, 5.41) is 3.40. The summed E-state index contributed by atoms with van der Waals surface area (Å²) in [5.74, 6) is 0.801. The van der Waals surface area contributed by atoms with Gasteiger partial charge in [0.15, 0.2) is 0 Å². The Balaban J connectivity index is 0.00000133. The lowest BCUT2D eigenvalue weighted by Crippen LogP contribution is -2.40. The molecule has 5 heteroatoms. The first-order valence-electron chi connectivity index (χ1n) is 6.95. The molecule has 2 aliphatic heterocycles. The van der Waals surface area contributed by atoms with Gasteiger partial charge in [0, 0.05) is 31.4 Å². The van der Waals surface area contributed by atoms with Crippen molar-refractivity contribution in [1.82, 2.24) is 15.2 Å². The van der Waals surface area contributed by atoms with E-state index >= 15 is 0 Å². The number of fused-ring (bicyclic) bond motifs is 1. The van der Waals surface area contributed by atoms with Gasteiger partial charge in [0.2, 0.25) is 0 Å². The van der Waals surface area contributed by atoms with Crippen LogP contribution in [0.3, 0.4) is 0 Å². The second-order valence-corrected chi connectivity index (χ2v) is 5.49. The van der Waals surface area contributed by atoms with E-state index in [1.165, 1.54) is 18.4 Å². The van der Waals surface area contributed by atoms with Gasteiger partial charge >= 0.3 is 0 Å². The lowest BCUT2D eigenvalue weighted by atomic mass is 9.95. The molecule has 2 N–H and O–H groups in total. The van der Waals surface area contributed by atoms with Gasteiger partial charge < -0.3 is 10.3 Å². The van der Waals surface area contributed by atoms with Crippen LogP contribution in [-0.2, 0) is 13.0 Å². The number of piperidine rings is 1. The van der Waals surface area contributed by atoms with E-state index < -0.39 is 0 Å². The third-order valence-electron chi connectivity index (χ3n) is 4.21. The molecule has 106 valence electrons. The zero-order chi connectivity index (χ0) is 12.4. The summed E-state index contributed by atoms with van der Waals surface area (Å²) in [6.07, 6.45) is 5.33. The topological polar surface area (TPSA) is 48.1 Å². The fourth-order valence-corrected chi connectivity index (χ4v) is 3.13. The van der Waals surface area contributed by atoms with Crippen molar-refractivity contribution in [3.63, 3.8) is 0 Å². The lowest BCUT2D eigenvalue weighted by Gasteiger charge is -2.33. The van der Waals surface area contributed by atoms with Crippen LogP contribution >= 0.6 is 12.4 Å². The van der Waals surface area contributed by atoms with Crippen LogP contribution in [0.4, 0.5) is 0 Å². The first-order chi connectivity index (χ1) is 8.83. The Labute approximate surface area is 120 Å². The van der Waals surface area contributed by atoms with Gasteiger partial charge in [-0.05, 0) is 49.9 Å². The number of hydrogen-bond donors (Lipinski definition) is 2. The Morgan fingerprint density at radius 2 is 2.11 bits per heavy atom. The minimum atomic E-state index is 0. The molecule has 0 saturated carbocycles. The zero-order valence-corrected chi connectivity index (χ0v) is 12.0. The molecule has 0 amide bonds. The Bertz CT molecular complexity index is 468. The smallest absolute Gasteiger partial charge is 0.252 e. The maximum absolute atomic E-state index is 11.8. The molecule has 4 nitrogen and oxygen atoms in total. The number of nitrogens with one attached hydrogen (secondary N) is 2. The summed E-state index contributed by atoms with van der Waals surface area (Å²) in [4.78, 5) is 17.1. The van der Waals surface area contributed by atoms with Gasteiger partial charge in [-0.3, -0.25) is 9.69 Å². The summed E-state index contributed by atoms with van der Waals surface area (Å²) >= 11 is 0. The molecular formula is C14H22ClN3O. The van der Waals surface area contributed by atoms with Crippen LogP contribution in [0.25, 0.3) is 0 Å². The minimum absolute atomic E-state index is 0. The Hall–Kier alpha value is -0.840. The Morgan fingerprint density at radius 3 is 2.89 bits per heavy atom. The van der Waals surface area contributed by atoms with Gasteiger partial charge in [0.25, 0.3) is 5.56 Å². The van der Waals surface area contributed by atoms with Crippen molar-refractivity contribution in [3.8, 4) is 0 Å². The fourth-order valence-electron chi connectivity index (χ4n) is 3.13. The molecular weight excluding hydrogens is 262 g/mol. The fraction of sp³-hybridized carbons (Fsp3) is 0.643. The van der Waals surface area contributed by atoms with E-state index in [1.54, 1.807) is 6.20 Å². The number of aromatic amines is 1. The third-order valence-corrected chi connectivity index (χ3v) is 4.21. The molecule has 1 aromatic heterocycles. The third kappa shape index (κ3) is 3.38. The lowest BCUT2D eigenvalue weighted by molar-refractivity contribution is 0.190. The minimum Gasteiger partial charge on any atom is -0.329 e. The molecule has 0 radical (unpaired) electrons. The summed E-state index contributed by atoms with van der Waals surface area (Å²) in [6, 6.07) is 2.05. The standard InChI is InChI=1S/C14H21N3O.ClH/c18-14-13-10-17(8-4-12(13)3-7-16-14)9-11-1-5-15-6-2-11;/h3,7,11,15H,1-2,4-6,8-10H2,(H,16,18);1H. The van der Waals surface area contributed by atoms with Crippen LogP contribution < -0.4 is 10.9 Å². The van der Waals surface area contributed by atoms with Crippen molar-refractivity contribution in [3.05, 3.63) is 33.7 Å². The van der Waals surface area contributed by atoms with Crippen molar-refractivity contribution >= 4 is 12.4 Å². The molecule has 0 aliphatic carbocycles. The number of halogens is 1. The molecule has 3 heterocycles. The molecule has 0 unspecified atom stereocenters. The number of H-pyrrole nitrogens is 1. The highest BCUT2D eigenvalue weighted by molar-refractivity contribution is 5.85. The van der Waals surface area contributed by atoms with Crippen molar-refractivity contribution in [2.45, 2.75) is 25.8 Å². The highest BCUT2D eigenvalue weighted by atomic mass is 35.5. The molecule has 2 aliphatic rings. The second kappa shape index (κ2) is 6.55. The number of hydrogen-bond acceptors (Lipinski definition) is 3. The quantitative estimate of drug-likeness (QED) is 0.856. The van der Waals surface area contributed by atoms with Crippen LogP contribution in [0.1, 0.15) is 24.0 Å². The summed E-state index contributed by atoms with van der Waals surface area (Å²) < 4.78 is 0. The molecule has 0 atom stereocenters. The van der Waals surface area contributed by atoms with E-state index in [-0.39, 0.29) is 18.0 Å². The summed E-state index contributed by atoms with van der Waals surface area (Å²) in [7, 11) is 0. The van der Waals surface area contributed by atoms with Crippen LogP contribution in [0.2, 0.25) is 0 Å². The summed E-state index contributed by atoms with van der Waals surface area (Å²) in [5.41, 5.74) is 2.32. The highest BCUT2D eigenvalue weighted by Gasteiger charge is 2.22. The molecule has 0 bridgehead atoms. The van der Waals surface area contributed by atoms with Gasteiger partial charge in [-0.2, -0.15) is 0 Å². The molecule has 3 rings (SSSR count). The average Bonchev–Trinajstić information content (AvgIpc) is 2.41. The van der Waals surface area contributed by atoms with E-state index in [0.717, 1.165) is 50.6 Å². The predicted molar refractivity (Wildman–Crippen MR) is 78.9 cm³/mol. The average molecular weight is 284 g/mol. The number of rotatable bonds is 2. The Kier molecular flexibility index (Phi) is 5.02. The first-order valence-corrected chi connectivity index (χ1v) is 6.95. The zero-order valence-electron chi connectivity index (χ0n) is 11.2. The maximum atomic E-state index is 11.8. The van der Waals surface area contributed by atoms with E-state index in [9.17, 15) is 4.79 Å². The SMILES string of the molecule is Cl.O=c1[nH]ccc2c1CN(CC1CCNCC1)CC2. The Morgan fingerprint density at radius 1 is 1.32 bits per heavy atom. The van der Waals surface area contributed by atoms with E-state index in [0.29, 0.717) is 0 Å². The highest BCUT2D eigenvalue weighted by Crippen LogP contribution is 2.19. The van der Waals surface area contributed by atoms with Gasteiger partial charge in [0.05, 0.1) is 0 Å². The van der Waals surface area contributed by atoms with E-state index in [4.69, 9.17) is 0 Å². The second-order valence-electron chi connectivity index (χ2n) is 5.49. The van der Waals surface area contributed by atoms with Gasteiger partial charge in [-0.1, -0.05) is 0 Å². The van der Waals surface area contributed by atoms with Crippen LogP contribution in [0.5, 0.6) is 0 Å². The van der Waals surface area contributed by atoms with Crippen LogP contribution in [0.15, 0.2) is 17.1 Å². The monoisotopic (exact) mass is 283 g/mol. The van der Waals surface area contributed by atoms with E-state index in [2.05, 4.69) is 21.3 Å². The van der Waals surface area contributed by atoms with Gasteiger partial charge in [-0.15, -0.1) is 12.4 Å². The molecule has 1 fully saturated rings. The molecule has 1 saturated heterocycles. The molecule has 0 spiro atoms. The summed E-state index contributed by atoms with van der Waals surface area (Å²) in [6.45, 7) is 5.37. The number of pyridine rings is 1. The number of aromatic nitrogens is 1. The van der Waals surface area contributed by atoms with Crippen molar-refractivity contribution < 1.29 is 0 Å². The van der Waals surface area contributed by atoms with Crippen LogP contribution in [-0.4, -0.2) is 36.1 Å². The molecule has 19 heavy (non-hydrogen) atoms. The maximum Gasteiger partial charge on any atom is 0.252 e. The number of nitrogens with zero attached hydrogens (tertiary/aromatic N) is 1. The van der Waals surface area contributed by atoms with Crippen LogP contribution in [0, 0.1) is 5.92 Å². The first kappa shape index (κ1) is 14.6. The van der Waals surface area contributed by atoms with E-state index in [1.807, 2.05) is 0 Å². The van der Waals surface area contributed by atoms with Gasteiger partial charge in [0.1, 0.15) is 0 Å². The normalized spacial score (nSPS) is 20.6. The van der Waals surface area contributed by atoms with Crippen molar-refractivity contribution in [1.29, 1.82) is 0 Å².